The molecule has 6 aromatic carbocycles. The number of rotatable bonds is 3. The Balaban J connectivity index is 1.15. The summed E-state index contributed by atoms with van der Waals surface area (Å²) in [7, 11) is 0. The monoisotopic (exact) mass is 713 g/mol. The first-order valence-electron chi connectivity index (χ1n) is 19.5. The summed E-state index contributed by atoms with van der Waals surface area (Å²) >= 11 is 1.92. The molecule has 4 bridgehead atoms. The molecule has 0 unspecified atom stereocenters. The molecule has 5 aliphatic rings. The number of hydrogen-bond acceptors (Lipinski definition) is 5. The van der Waals surface area contributed by atoms with Gasteiger partial charge >= 0.3 is 0 Å². The summed E-state index contributed by atoms with van der Waals surface area (Å²) in [5, 5.41) is 4.69. The quantitative estimate of drug-likeness (QED) is 0.183. The molecule has 54 heavy (non-hydrogen) atoms. The van der Waals surface area contributed by atoms with Crippen molar-refractivity contribution in [3.63, 3.8) is 0 Å². The Bertz CT molecular complexity index is 3000. The zero-order valence-corrected chi connectivity index (χ0v) is 30.4. The molecule has 1 spiro atoms. The number of furan rings is 1. The molecule has 5 heteroatoms. The van der Waals surface area contributed by atoms with Gasteiger partial charge in [0.2, 0.25) is 0 Å². The van der Waals surface area contributed by atoms with Crippen LogP contribution < -0.4 is 0 Å². The van der Waals surface area contributed by atoms with Gasteiger partial charge in [0.05, 0.1) is 0 Å². The van der Waals surface area contributed by atoms with Crippen LogP contribution in [0.15, 0.2) is 132 Å². The van der Waals surface area contributed by atoms with Gasteiger partial charge in [0.1, 0.15) is 11.2 Å². The van der Waals surface area contributed by atoms with Crippen molar-refractivity contribution in [3.8, 4) is 45.3 Å². The molecule has 4 saturated carbocycles. The number of aromatic nitrogens is 3. The molecular formula is C49H35N3OS. The molecule has 3 aromatic heterocycles. The van der Waals surface area contributed by atoms with Gasteiger partial charge in [0, 0.05) is 53.1 Å². The molecule has 0 N–H and O–H groups in total. The molecule has 258 valence electrons. The van der Waals surface area contributed by atoms with Crippen molar-refractivity contribution < 1.29 is 4.42 Å². The largest absolute Gasteiger partial charge is 0.456 e. The fourth-order valence-corrected chi connectivity index (χ4v) is 13.1. The Labute approximate surface area is 316 Å². The molecule has 9 aromatic rings. The van der Waals surface area contributed by atoms with Gasteiger partial charge in [0.25, 0.3) is 0 Å². The molecule has 3 heterocycles. The van der Waals surface area contributed by atoms with Crippen molar-refractivity contribution in [2.24, 2.45) is 23.7 Å². The lowest BCUT2D eigenvalue weighted by molar-refractivity contribution is -0.0398. The second-order valence-corrected chi connectivity index (χ2v) is 17.4. The van der Waals surface area contributed by atoms with Crippen molar-refractivity contribution in [1.82, 2.24) is 15.0 Å². The third-order valence-electron chi connectivity index (χ3n) is 13.7. The van der Waals surface area contributed by atoms with E-state index in [2.05, 4.69) is 115 Å². The van der Waals surface area contributed by atoms with E-state index in [0.29, 0.717) is 23.5 Å². The van der Waals surface area contributed by atoms with Crippen LogP contribution in [0, 0.1) is 23.7 Å². The molecule has 0 amide bonds. The number of thiophene rings is 1. The van der Waals surface area contributed by atoms with Crippen LogP contribution in [0.3, 0.4) is 0 Å². The third kappa shape index (κ3) is 3.90. The third-order valence-corrected chi connectivity index (χ3v) is 14.8. The van der Waals surface area contributed by atoms with E-state index in [0.717, 1.165) is 56.3 Å². The average molecular weight is 714 g/mol. The first kappa shape index (κ1) is 29.8. The highest BCUT2D eigenvalue weighted by Gasteiger charge is 2.62. The van der Waals surface area contributed by atoms with Crippen LogP contribution in [0.2, 0.25) is 0 Å². The van der Waals surface area contributed by atoms with Crippen LogP contribution in [0.4, 0.5) is 0 Å². The average Bonchev–Trinajstić information content (AvgIpc) is 3.87. The van der Waals surface area contributed by atoms with Gasteiger partial charge in [0.15, 0.2) is 17.5 Å². The van der Waals surface area contributed by atoms with Crippen LogP contribution in [-0.2, 0) is 5.41 Å². The van der Waals surface area contributed by atoms with E-state index in [-0.39, 0.29) is 5.41 Å². The molecule has 0 aliphatic heterocycles. The zero-order valence-electron chi connectivity index (χ0n) is 29.6. The minimum atomic E-state index is 0.0317. The number of fused-ring (bicyclic) bond motifs is 9. The van der Waals surface area contributed by atoms with Crippen LogP contribution in [-0.4, -0.2) is 15.0 Å². The lowest BCUT2D eigenvalue weighted by Crippen LogP contribution is -2.55. The molecule has 0 radical (unpaired) electrons. The minimum Gasteiger partial charge on any atom is -0.456 e. The van der Waals surface area contributed by atoms with Crippen LogP contribution in [0.5, 0.6) is 0 Å². The van der Waals surface area contributed by atoms with Gasteiger partial charge in [-0.05, 0) is 114 Å². The Morgan fingerprint density at radius 3 is 2.00 bits per heavy atom. The fourth-order valence-electron chi connectivity index (χ4n) is 11.9. The number of nitrogens with zero attached hydrogens (tertiary/aromatic N) is 3. The molecule has 4 nitrogen and oxygen atoms in total. The Hall–Kier alpha value is -5.65. The first-order valence-corrected chi connectivity index (χ1v) is 20.3. The van der Waals surface area contributed by atoms with Gasteiger partial charge in [-0.15, -0.1) is 11.3 Å². The lowest BCUT2D eigenvalue weighted by atomic mass is 9.43. The van der Waals surface area contributed by atoms with Gasteiger partial charge in [-0.1, -0.05) is 91.0 Å². The number of benzene rings is 6. The van der Waals surface area contributed by atoms with Crippen molar-refractivity contribution in [1.29, 1.82) is 0 Å². The predicted octanol–water partition coefficient (Wildman–Crippen LogP) is 12.9. The highest BCUT2D eigenvalue weighted by Crippen LogP contribution is 2.70. The Morgan fingerprint density at radius 2 is 1.17 bits per heavy atom. The number of hydrogen-bond donors (Lipinski definition) is 0. The van der Waals surface area contributed by atoms with Crippen molar-refractivity contribution in [2.75, 3.05) is 0 Å². The predicted molar refractivity (Wildman–Crippen MR) is 220 cm³/mol. The smallest absolute Gasteiger partial charge is 0.165 e. The van der Waals surface area contributed by atoms with E-state index in [4.69, 9.17) is 19.4 Å². The van der Waals surface area contributed by atoms with Gasteiger partial charge in [-0.2, -0.15) is 0 Å². The maximum absolute atomic E-state index is 6.24. The summed E-state index contributed by atoms with van der Waals surface area (Å²) in [6, 6.07) is 46.0. The van der Waals surface area contributed by atoms with E-state index in [9.17, 15) is 0 Å². The normalized spacial score (nSPS) is 23.6. The van der Waals surface area contributed by atoms with Crippen LogP contribution in [0.1, 0.15) is 43.2 Å². The lowest BCUT2D eigenvalue weighted by Gasteiger charge is -2.61. The van der Waals surface area contributed by atoms with Gasteiger partial charge in [-0.25, -0.2) is 15.0 Å². The molecular weight excluding hydrogens is 679 g/mol. The van der Waals surface area contributed by atoms with Crippen molar-refractivity contribution in [2.45, 2.75) is 37.5 Å². The van der Waals surface area contributed by atoms with Crippen LogP contribution >= 0.6 is 11.3 Å². The highest BCUT2D eigenvalue weighted by atomic mass is 32.1. The Morgan fingerprint density at radius 1 is 0.500 bits per heavy atom. The maximum Gasteiger partial charge on any atom is 0.165 e. The van der Waals surface area contributed by atoms with Crippen molar-refractivity contribution >= 4 is 53.4 Å². The first-order chi connectivity index (χ1) is 26.7. The minimum absolute atomic E-state index is 0.0317. The summed E-state index contributed by atoms with van der Waals surface area (Å²) in [5.41, 5.74) is 10.7. The molecule has 14 rings (SSSR count). The van der Waals surface area contributed by atoms with Gasteiger partial charge in [-0.3, -0.25) is 0 Å². The second-order valence-electron chi connectivity index (χ2n) is 16.3. The summed E-state index contributed by atoms with van der Waals surface area (Å²) in [4.78, 5) is 16.2. The molecule has 0 saturated heterocycles. The summed E-state index contributed by atoms with van der Waals surface area (Å²) in [6.45, 7) is 0. The van der Waals surface area contributed by atoms with E-state index < -0.39 is 0 Å². The maximum atomic E-state index is 6.24. The molecule has 4 fully saturated rings. The van der Waals surface area contributed by atoms with Crippen molar-refractivity contribution in [3.05, 3.63) is 139 Å². The van der Waals surface area contributed by atoms with E-state index in [1.807, 2.05) is 23.5 Å². The topological polar surface area (TPSA) is 51.8 Å². The highest BCUT2D eigenvalue weighted by molar-refractivity contribution is 7.26. The zero-order chi connectivity index (χ0) is 35.1. The summed E-state index contributed by atoms with van der Waals surface area (Å²) < 4.78 is 8.88. The summed E-state index contributed by atoms with van der Waals surface area (Å²) in [6.07, 6.45) is 6.83. The van der Waals surface area contributed by atoms with Gasteiger partial charge < -0.3 is 4.42 Å². The van der Waals surface area contributed by atoms with Crippen LogP contribution in [0.25, 0.3) is 87.4 Å². The number of para-hydroxylation sites is 1. The van der Waals surface area contributed by atoms with E-state index in [1.165, 1.54) is 69.0 Å². The SMILES string of the molecule is c1ccc(-c2nc(-c3ccc4oc5ccccc5c4c3)nc(-c3c4c(cc5sc6ccccc6c35)C3(c5ccccc5-4)C4CC5CC(C4)CC3C5)n2)cc1. The Kier molecular flexibility index (Phi) is 5.92. The molecule has 5 aliphatic carbocycles. The fraction of sp³-hybridized carbons (Fsp3) is 0.204. The summed E-state index contributed by atoms with van der Waals surface area (Å²) in [5.74, 6) is 5.21. The molecule has 0 atom stereocenters. The van der Waals surface area contributed by atoms with E-state index in [1.54, 1.807) is 5.56 Å². The standard InChI is InChI=1S/C49H35N3OS/c1-2-10-29(11-3-1)46-50-47(30-18-19-40-36(25-30)33-12-5-8-16-39(33)53-40)52-48(51-46)45-43-34-13-4-7-15-37(34)49(31-21-27-20-28(23-31)24-32(49)22-27)38(43)26-42-44(45)35-14-6-9-17-41(35)54-42/h1-19,25-28,31-32H,20-24H2. The van der Waals surface area contributed by atoms with E-state index >= 15 is 0 Å². The second kappa shape index (κ2) is 10.7.